The molecule has 0 spiro atoms. The molecule has 0 aromatic heterocycles. The summed E-state index contributed by atoms with van der Waals surface area (Å²) in [5.74, 6) is 0. The Labute approximate surface area is 229 Å². The van der Waals surface area contributed by atoms with E-state index in [9.17, 15) is 0 Å². The van der Waals surface area contributed by atoms with Crippen LogP contribution in [0.2, 0.25) is 0 Å². The molecule has 1 aliphatic rings. The maximum atomic E-state index is 8.09. The van der Waals surface area contributed by atoms with Gasteiger partial charge < -0.3 is 11.1 Å². The highest BCUT2D eigenvalue weighted by Crippen LogP contribution is 2.32. The third-order valence-electron chi connectivity index (χ3n) is 6.50. The van der Waals surface area contributed by atoms with E-state index in [0.29, 0.717) is 5.71 Å². The summed E-state index contributed by atoms with van der Waals surface area (Å²) < 4.78 is 0. The lowest BCUT2D eigenvalue weighted by Gasteiger charge is -2.16. The van der Waals surface area contributed by atoms with Crippen LogP contribution in [0, 0.1) is 5.41 Å². The monoisotopic (exact) mass is 506 g/mol. The molecule has 4 heteroatoms. The second-order valence-electron chi connectivity index (χ2n) is 9.32. The van der Waals surface area contributed by atoms with Gasteiger partial charge in [-0.1, -0.05) is 97.1 Å². The van der Waals surface area contributed by atoms with Gasteiger partial charge in [0.1, 0.15) is 0 Å². The van der Waals surface area contributed by atoms with Gasteiger partial charge in [-0.3, -0.25) is 5.43 Å². The molecule has 1 aliphatic carbocycles. The number of hydrogen-bond acceptors (Lipinski definition) is 4. The maximum absolute atomic E-state index is 8.09. The molecule has 0 radical (unpaired) electrons. The largest absolute Gasteiger partial charge is 0.399 e. The molecular weight excluding hydrogens is 476 g/mol. The summed E-state index contributed by atoms with van der Waals surface area (Å²) in [4.78, 5) is 0. The first-order chi connectivity index (χ1) is 19.1. The minimum Gasteiger partial charge on any atom is -0.399 e. The number of anilines is 2. The van der Waals surface area contributed by atoms with E-state index in [2.05, 4.69) is 54.0 Å². The van der Waals surface area contributed by atoms with E-state index >= 15 is 0 Å². The Bertz CT molecular complexity index is 1600. The molecule has 0 unspecified atom stereocenters. The minimum atomic E-state index is 0.531. The van der Waals surface area contributed by atoms with E-state index in [-0.39, 0.29) is 0 Å². The lowest BCUT2D eigenvalue weighted by atomic mass is 9.89. The first-order valence-electron chi connectivity index (χ1n) is 12.8. The predicted octanol–water partition coefficient (Wildman–Crippen LogP) is 8.14. The number of nitrogens with one attached hydrogen (secondary N) is 2. The van der Waals surface area contributed by atoms with Crippen LogP contribution < -0.4 is 11.2 Å². The number of allylic oxidation sites excluding steroid dienone is 6. The average Bonchev–Trinajstić information content (AvgIpc) is 2.98. The maximum Gasteiger partial charge on any atom is 0.0905 e. The summed E-state index contributed by atoms with van der Waals surface area (Å²) in [5.41, 5.74) is 19.5. The number of hydrogen-bond donors (Lipinski definition) is 3. The molecule has 4 N–H and O–H groups in total. The molecule has 0 heterocycles. The number of rotatable bonds is 7. The molecule has 4 nitrogen and oxygen atoms in total. The van der Waals surface area contributed by atoms with Gasteiger partial charge in [0.15, 0.2) is 0 Å². The molecule has 0 atom stereocenters. The van der Waals surface area contributed by atoms with E-state index in [1.165, 1.54) is 0 Å². The van der Waals surface area contributed by atoms with Crippen LogP contribution in [0.1, 0.15) is 29.2 Å². The van der Waals surface area contributed by atoms with Crippen molar-refractivity contribution in [1.82, 2.24) is 0 Å². The highest BCUT2D eigenvalue weighted by molar-refractivity contribution is 6.11. The molecule has 0 saturated heterocycles. The summed E-state index contributed by atoms with van der Waals surface area (Å²) in [6.07, 6.45) is 10.0. The number of benzene rings is 4. The van der Waals surface area contributed by atoms with Crippen LogP contribution in [-0.4, -0.2) is 11.4 Å². The van der Waals surface area contributed by atoms with Gasteiger partial charge in [-0.2, -0.15) is 5.10 Å². The summed E-state index contributed by atoms with van der Waals surface area (Å²) in [6.45, 7) is 1.97. The summed E-state index contributed by atoms with van der Waals surface area (Å²) >= 11 is 0. The molecular formula is C35H30N4. The van der Waals surface area contributed by atoms with Crippen molar-refractivity contribution in [1.29, 1.82) is 5.41 Å². The van der Waals surface area contributed by atoms with Crippen molar-refractivity contribution in [2.24, 2.45) is 5.10 Å². The Hall–Kier alpha value is -5.22. The van der Waals surface area contributed by atoms with E-state index < -0.39 is 0 Å². The van der Waals surface area contributed by atoms with Crippen molar-refractivity contribution in [3.8, 4) is 0 Å². The van der Waals surface area contributed by atoms with Crippen LogP contribution in [0.3, 0.4) is 0 Å². The Morgan fingerprint density at radius 1 is 0.744 bits per heavy atom. The molecule has 5 rings (SSSR count). The van der Waals surface area contributed by atoms with Gasteiger partial charge in [-0.05, 0) is 82.8 Å². The molecule has 4 aromatic rings. The standard InChI is InChI=1S/C35H30N4/c1-25-24-30(17-22-33(25)37)35(28-13-18-31(36)19-14-28)29-15-20-32(21-16-29)38-39-34(27-10-6-3-7-11-27)23-12-26-8-4-2-5-9-26/h2-24,37-38H,36H2,1H3/b23-12?,35-30-,37-33?,39-34+. The van der Waals surface area contributed by atoms with Crippen molar-refractivity contribution < 1.29 is 0 Å². The second-order valence-corrected chi connectivity index (χ2v) is 9.32. The number of hydrazone groups is 1. The Morgan fingerprint density at radius 3 is 2.00 bits per heavy atom. The zero-order chi connectivity index (χ0) is 27.0. The summed E-state index contributed by atoms with van der Waals surface area (Å²) in [5, 5.41) is 12.8. The minimum absolute atomic E-state index is 0.531. The molecule has 0 aliphatic heterocycles. The Morgan fingerprint density at radius 2 is 1.36 bits per heavy atom. The van der Waals surface area contributed by atoms with E-state index in [0.717, 1.165) is 56.1 Å². The smallest absolute Gasteiger partial charge is 0.0905 e. The fraction of sp³-hybridized carbons (Fsp3) is 0.0286. The second kappa shape index (κ2) is 11.9. The molecule has 0 saturated carbocycles. The average molecular weight is 507 g/mol. The lowest BCUT2D eigenvalue weighted by Crippen LogP contribution is -2.02. The van der Waals surface area contributed by atoms with Crippen LogP contribution in [-0.2, 0) is 0 Å². The van der Waals surface area contributed by atoms with Gasteiger partial charge in [-0.25, -0.2) is 0 Å². The van der Waals surface area contributed by atoms with Crippen LogP contribution in [0.4, 0.5) is 11.4 Å². The topological polar surface area (TPSA) is 74.3 Å². The van der Waals surface area contributed by atoms with E-state index in [1.807, 2.05) is 97.9 Å². The highest BCUT2D eigenvalue weighted by atomic mass is 15.3. The molecule has 0 bridgehead atoms. The normalized spacial score (nSPS) is 14.8. The van der Waals surface area contributed by atoms with Crippen LogP contribution in [0.5, 0.6) is 0 Å². The molecule has 0 amide bonds. The molecule has 4 aromatic carbocycles. The van der Waals surface area contributed by atoms with Crippen molar-refractivity contribution >= 4 is 34.4 Å². The van der Waals surface area contributed by atoms with E-state index in [4.69, 9.17) is 16.2 Å². The lowest BCUT2D eigenvalue weighted by molar-refractivity contribution is 1.33. The van der Waals surface area contributed by atoms with Gasteiger partial charge >= 0.3 is 0 Å². The predicted molar refractivity (Wildman–Crippen MR) is 166 cm³/mol. The summed E-state index contributed by atoms with van der Waals surface area (Å²) in [7, 11) is 0. The van der Waals surface area contributed by atoms with Crippen LogP contribution in [0.15, 0.2) is 150 Å². The zero-order valence-corrected chi connectivity index (χ0v) is 21.8. The number of nitrogen functional groups attached to an aromatic ring is 1. The third-order valence-corrected chi connectivity index (χ3v) is 6.50. The van der Waals surface area contributed by atoms with Gasteiger partial charge in [0.25, 0.3) is 0 Å². The quantitative estimate of drug-likeness (QED) is 0.134. The molecule has 0 fully saturated rings. The van der Waals surface area contributed by atoms with Crippen LogP contribution >= 0.6 is 0 Å². The van der Waals surface area contributed by atoms with Gasteiger partial charge in [0.05, 0.1) is 17.1 Å². The molecule has 39 heavy (non-hydrogen) atoms. The molecule has 190 valence electrons. The van der Waals surface area contributed by atoms with Gasteiger partial charge in [-0.15, -0.1) is 0 Å². The Balaban J connectivity index is 1.46. The number of nitrogens with zero attached hydrogens (tertiary/aromatic N) is 1. The van der Waals surface area contributed by atoms with Crippen molar-refractivity contribution in [2.45, 2.75) is 6.92 Å². The van der Waals surface area contributed by atoms with Gasteiger partial charge in [0.2, 0.25) is 0 Å². The fourth-order valence-corrected chi connectivity index (χ4v) is 4.35. The SMILES string of the molecule is CC1=C/C(=C(/c2ccc(N)cc2)c2ccc(N/N=C(\C=Cc3ccccc3)c3ccccc3)cc2)C=CC1=N. The Kier molecular flexibility index (Phi) is 7.75. The van der Waals surface area contributed by atoms with Crippen LogP contribution in [0.25, 0.3) is 11.6 Å². The summed E-state index contributed by atoms with van der Waals surface area (Å²) in [6, 6.07) is 36.5. The van der Waals surface area contributed by atoms with Crippen molar-refractivity contribution in [3.63, 3.8) is 0 Å². The van der Waals surface area contributed by atoms with E-state index in [1.54, 1.807) is 0 Å². The van der Waals surface area contributed by atoms with Gasteiger partial charge in [0, 0.05) is 11.3 Å². The van der Waals surface area contributed by atoms with Crippen molar-refractivity contribution in [2.75, 3.05) is 11.2 Å². The number of nitrogens with two attached hydrogens (primary N) is 1. The van der Waals surface area contributed by atoms with Crippen molar-refractivity contribution in [3.05, 3.63) is 167 Å². The highest BCUT2D eigenvalue weighted by Gasteiger charge is 2.13. The third kappa shape index (κ3) is 6.38. The zero-order valence-electron chi connectivity index (χ0n) is 21.8. The first kappa shape index (κ1) is 25.4. The fourth-order valence-electron chi connectivity index (χ4n) is 4.35. The first-order valence-corrected chi connectivity index (χ1v) is 12.8.